The number of rotatable bonds is 5. The van der Waals surface area contributed by atoms with Crippen molar-refractivity contribution in [3.8, 4) is 0 Å². The fourth-order valence-electron chi connectivity index (χ4n) is 1.68. The zero-order valence-electron chi connectivity index (χ0n) is 11.7. The Hall–Kier alpha value is -1.75. The van der Waals surface area contributed by atoms with Gasteiger partial charge in [0.2, 0.25) is 5.91 Å². The number of nitrogens with one attached hydrogen (secondary N) is 3. The molecule has 1 aromatic heterocycles. The number of nitrogens with zero attached hydrogens (tertiary/aromatic N) is 2. The van der Waals surface area contributed by atoms with Gasteiger partial charge in [0, 0.05) is 10.6 Å². The average molecular weight is 431 g/mol. The van der Waals surface area contributed by atoms with Crippen LogP contribution in [0.3, 0.4) is 0 Å². The predicted octanol–water partition coefficient (Wildman–Crippen LogP) is 1.13. The van der Waals surface area contributed by atoms with Crippen LogP contribution in [-0.4, -0.2) is 33.1 Å². The summed E-state index contributed by atoms with van der Waals surface area (Å²) in [5.74, 6) is 0.0359. The van der Waals surface area contributed by atoms with E-state index in [-0.39, 0.29) is 24.9 Å². The molecule has 0 spiro atoms. The Labute approximate surface area is 145 Å². The predicted molar refractivity (Wildman–Crippen MR) is 91.7 cm³/mol. The van der Waals surface area contributed by atoms with Gasteiger partial charge >= 0.3 is 0 Å². The molecule has 3 N–H and O–H groups in total. The van der Waals surface area contributed by atoms with E-state index in [9.17, 15) is 9.59 Å². The lowest BCUT2D eigenvalue weighted by atomic mass is 10.2. The summed E-state index contributed by atoms with van der Waals surface area (Å²) < 4.78 is 2.98. The molecule has 1 aromatic carbocycles. The molecule has 2 amide bonds. The molecule has 0 bridgehead atoms. The van der Waals surface area contributed by atoms with Crippen molar-refractivity contribution in [3.05, 3.63) is 44.0 Å². The fourth-order valence-corrected chi connectivity index (χ4v) is 2.46. The zero-order valence-corrected chi connectivity index (χ0v) is 14.7. The van der Waals surface area contributed by atoms with E-state index in [4.69, 9.17) is 12.2 Å². The van der Waals surface area contributed by atoms with Crippen molar-refractivity contribution in [1.29, 1.82) is 0 Å². The standard InChI is InChI=1S/C13H14IN5O2S/c1-19-10(17-18-13(19)22)6-15-11(20)7-16-12(21)8-4-2-3-5-9(8)14/h2-5H,6-7H2,1H3,(H,15,20)(H,16,21)(H,18,22). The monoisotopic (exact) mass is 431 g/mol. The van der Waals surface area contributed by atoms with Crippen molar-refractivity contribution in [2.24, 2.45) is 7.05 Å². The van der Waals surface area contributed by atoms with Gasteiger partial charge in [-0.15, -0.1) is 0 Å². The van der Waals surface area contributed by atoms with E-state index < -0.39 is 0 Å². The lowest BCUT2D eigenvalue weighted by Gasteiger charge is -2.07. The summed E-state index contributed by atoms with van der Waals surface area (Å²) in [4.78, 5) is 23.7. The molecule has 2 rings (SSSR count). The minimum atomic E-state index is -0.298. The molecular weight excluding hydrogens is 417 g/mol. The Morgan fingerprint density at radius 2 is 2.09 bits per heavy atom. The number of aromatic amines is 1. The van der Waals surface area contributed by atoms with Crippen LogP contribution in [0.4, 0.5) is 0 Å². The first-order valence-corrected chi connectivity index (χ1v) is 7.87. The largest absolute Gasteiger partial charge is 0.347 e. The maximum atomic E-state index is 12.0. The van der Waals surface area contributed by atoms with Crippen molar-refractivity contribution < 1.29 is 9.59 Å². The van der Waals surface area contributed by atoms with Crippen LogP contribution in [0.25, 0.3) is 0 Å². The van der Waals surface area contributed by atoms with Crippen molar-refractivity contribution in [2.75, 3.05) is 6.54 Å². The van der Waals surface area contributed by atoms with E-state index in [0.717, 1.165) is 3.57 Å². The van der Waals surface area contributed by atoms with E-state index in [0.29, 0.717) is 16.2 Å². The Morgan fingerprint density at radius 3 is 2.73 bits per heavy atom. The van der Waals surface area contributed by atoms with E-state index >= 15 is 0 Å². The first-order chi connectivity index (χ1) is 10.5. The van der Waals surface area contributed by atoms with Gasteiger partial charge in [-0.3, -0.25) is 14.7 Å². The highest BCUT2D eigenvalue weighted by Crippen LogP contribution is 2.10. The third kappa shape index (κ3) is 4.13. The number of halogens is 1. The molecule has 0 radical (unpaired) electrons. The molecule has 0 saturated heterocycles. The first kappa shape index (κ1) is 16.6. The van der Waals surface area contributed by atoms with Crippen LogP contribution < -0.4 is 10.6 Å². The molecule has 0 aliphatic rings. The Morgan fingerprint density at radius 1 is 1.36 bits per heavy atom. The summed E-state index contributed by atoms with van der Waals surface area (Å²) in [5, 5.41) is 11.9. The van der Waals surface area contributed by atoms with Gasteiger partial charge in [-0.2, -0.15) is 5.10 Å². The van der Waals surface area contributed by atoms with Gasteiger partial charge in [0.05, 0.1) is 18.7 Å². The molecule has 0 unspecified atom stereocenters. The van der Waals surface area contributed by atoms with Crippen LogP contribution >= 0.6 is 34.8 Å². The lowest BCUT2D eigenvalue weighted by molar-refractivity contribution is -0.120. The molecule has 7 nitrogen and oxygen atoms in total. The van der Waals surface area contributed by atoms with Crippen molar-refractivity contribution in [1.82, 2.24) is 25.4 Å². The molecule has 0 aliphatic carbocycles. The third-order valence-corrected chi connectivity index (χ3v) is 4.25. The average Bonchev–Trinajstić information content (AvgIpc) is 2.82. The number of carbonyl (C=O) groups is 2. The Kier molecular flexibility index (Phi) is 5.66. The first-order valence-electron chi connectivity index (χ1n) is 6.38. The molecule has 0 atom stereocenters. The van der Waals surface area contributed by atoms with Gasteiger partial charge in [-0.05, 0) is 46.9 Å². The minimum Gasteiger partial charge on any atom is -0.347 e. The lowest BCUT2D eigenvalue weighted by Crippen LogP contribution is -2.37. The molecule has 116 valence electrons. The molecule has 0 fully saturated rings. The highest BCUT2D eigenvalue weighted by Gasteiger charge is 2.11. The molecule has 9 heteroatoms. The molecule has 0 aliphatic heterocycles. The smallest absolute Gasteiger partial charge is 0.252 e. The highest BCUT2D eigenvalue weighted by atomic mass is 127. The zero-order chi connectivity index (χ0) is 16.1. The SMILES string of the molecule is Cn1c(CNC(=O)CNC(=O)c2ccccc2I)n[nH]c1=S. The molecule has 0 saturated carbocycles. The van der Waals surface area contributed by atoms with Crippen LogP contribution in [0.5, 0.6) is 0 Å². The van der Waals surface area contributed by atoms with Gasteiger partial charge in [0.15, 0.2) is 10.6 Å². The number of aromatic nitrogens is 3. The topological polar surface area (TPSA) is 91.8 Å². The second-order valence-electron chi connectivity index (χ2n) is 4.44. The van der Waals surface area contributed by atoms with Crippen molar-refractivity contribution in [2.45, 2.75) is 6.54 Å². The Balaban J connectivity index is 1.83. The minimum absolute atomic E-state index is 0.0985. The van der Waals surface area contributed by atoms with Crippen LogP contribution in [0.2, 0.25) is 0 Å². The number of hydrogen-bond acceptors (Lipinski definition) is 4. The summed E-state index contributed by atoms with van der Waals surface area (Å²) in [6, 6.07) is 7.17. The number of hydrogen-bond donors (Lipinski definition) is 3. The van der Waals surface area contributed by atoms with E-state index in [1.807, 2.05) is 12.1 Å². The number of benzene rings is 1. The molecule has 2 aromatic rings. The maximum absolute atomic E-state index is 12.0. The number of carbonyl (C=O) groups excluding carboxylic acids is 2. The summed E-state index contributed by atoms with van der Waals surface area (Å²) in [5.41, 5.74) is 0.547. The van der Waals surface area contributed by atoms with Crippen molar-refractivity contribution in [3.63, 3.8) is 0 Å². The Bertz CT molecular complexity index is 755. The van der Waals surface area contributed by atoms with Gasteiger partial charge in [-0.1, -0.05) is 12.1 Å². The van der Waals surface area contributed by atoms with E-state index in [2.05, 4.69) is 43.4 Å². The van der Waals surface area contributed by atoms with Gasteiger partial charge in [0.25, 0.3) is 5.91 Å². The highest BCUT2D eigenvalue weighted by molar-refractivity contribution is 14.1. The number of H-pyrrole nitrogens is 1. The molecule has 1 heterocycles. The van der Waals surface area contributed by atoms with Crippen LogP contribution in [0.15, 0.2) is 24.3 Å². The van der Waals surface area contributed by atoms with Crippen LogP contribution in [0, 0.1) is 8.34 Å². The van der Waals surface area contributed by atoms with Gasteiger partial charge in [-0.25, -0.2) is 0 Å². The second-order valence-corrected chi connectivity index (χ2v) is 5.99. The van der Waals surface area contributed by atoms with Crippen LogP contribution in [-0.2, 0) is 18.4 Å². The fraction of sp³-hybridized carbons (Fsp3) is 0.231. The molecular formula is C13H14IN5O2S. The quantitative estimate of drug-likeness (QED) is 0.489. The van der Waals surface area contributed by atoms with Gasteiger partial charge < -0.3 is 15.2 Å². The summed E-state index contributed by atoms with van der Waals surface area (Å²) >= 11 is 7.06. The van der Waals surface area contributed by atoms with Crippen molar-refractivity contribution >= 4 is 46.6 Å². The van der Waals surface area contributed by atoms with E-state index in [1.54, 1.807) is 23.7 Å². The molecule has 22 heavy (non-hydrogen) atoms. The maximum Gasteiger partial charge on any atom is 0.252 e. The second kappa shape index (κ2) is 7.49. The van der Waals surface area contributed by atoms with Crippen LogP contribution in [0.1, 0.15) is 16.2 Å². The normalized spacial score (nSPS) is 10.3. The summed E-state index contributed by atoms with van der Waals surface area (Å²) in [6.07, 6.45) is 0. The third-order valence-electron chi connectivity index (χ3n) is 2.94. The van der Waals surface area contributed by atoms with E-state index in [1.165, 1.54) is 0 Å². The summed E-state index contributed by atoms with van der Waals surface area (Å²) in [6.45, 7) is 0.139. The summed E-state index contributed by atoms with van der Waals surface area (Å²) in [7, 11) is 1.76. The number of amides is 2. The van der Waals surface area contributed by atoms with Gasteiger partial charge in [0.1, 0.15) is 0 Å².